The summed E-state index contributed by atoms with van der Waals surface area (Å²) in [4.78, 5) is 0. The van der Waals surface area contributed by atoms with Crippen LogP contribution >= 0.6 is 0 Å². The van der Waals surface area contributed by atoms with Crippen LogP contribution in [-0.2, 0) is 0 Å². The van der Waals surface area contributed by atoms with Crippen LogP contribution in [-0.4, -0.2) is 0 Å². The van der Waals surface area contributed by atoms with E-state index in [9.17, 15) is 22.0 Å². The lowest BCUT2D eigenvalue weighted by Gasteiger charge is -2.35. The molecule has 5 heteroatoms. The van der Waals surface area contributed by atoms with Gasteiger partial charge in [0.2, 0.25) is 0 Å². The summed E-state index contributed by atoms with van der Waals surface area (Å²) in [5.74, 6) is -3.14. The number of benzene rings is 2. The van der Waals surface area contributed by atoms with Gasteiger partial charge in [-0.2, -0.15) is 0 Å². The lowest BCUT2D eigenvalue weighted by Crippen LogP contribution is -2.23. The van der Waals surface area contributed by atoms with Gasteiger partial charge in [-0.1, -0.05) is 33.1 Å². The van der Waals surface area contributed by atoms with Gasteiger partial charge in [0, 0.05) is 0 Å². The van der Waals surface area contributed by atoms with E-state index in [1.165, 1.54) is 50.7 Å². The molecule has 2 aromatic carbocycles. The SMILES string of the molecule is CCC1CCC(C(C)CC2CCC(c3cc(F)c(-c4cc(F)c(F)c(F)c4)c(F)c3)CC2)CC1. The van der Waals surface area contributed by atoms with E-state index in [0.29, 0.717) is 23.6 Å². The van der Waals surface area contributed by atoms with E-state index in [1.807, 2.05) is 0 Å². The molecule has 2 saturated carbocycles. The highest BCUT2D eigenvalue weighted by molar-refractivity contribution is 5.65. The molecule has 0 radical (unpaired) electrons. The van der Waals surface area contributed by atoms with Crippen LogP contribution in [0.25, 0.3) is 11.1 Å². The summed E-state index contributed by atoms with van der Waals surface area (Å²) in [6.45, 7) is 4.69. The maximum atomic E-state index is 14.8. The monoisotopic (exact) mass is 478 g/mol. The Morgan fingerprint density at radius 1 is 0.706 bits per heavy atom. The predicted molar refractivity (Wildman–Crippen MR) is 126 cm³/mol. The van der Waals surface area contributed by atoms with Gasteiger partial charge in [0.25, 0.3) is 0 Å². The maximum absolute atomic E-state index is 14.8. The van der Waals surface area contributed by atoms with Gasteiger partial charge in [-0.05, 0) is 110 Å². The Morgan fingerprint density at radius 3 is 1.76 bits per heavy atom. The van der Waals surface area contributed by atoms with E-state index < -0.39 is 34.6 Å². The molecule has 2 aliphatic rings. The van der Waals surface area contributed by atoms with Crippen molar-refractivity contribution in [2.45, 2.75) is 84.0 Å². The Morgan fingerprint density at radius 2 is 1.24 bits per heavy atom. The van der Waals surface area contributed by atoms with Crippen LogP contribution in [0.1, 0.15) is 89.5 Å². The van der Waals surface area contributed by atoms with Crippen molar-refractivity contribution < 1.29 is 22.0 Å². The van der Waals surface area contributed by atoms with E-state index in [-0.39, 0.29) is 11.5 Å². The third kappa shape index (κ3) is 5.49. The molecule has 0 heterocycles. The highest BCUT2D eigenvalue weighted by atomic mass is 19.2. The maximum Gasteiger partial charge on any atom is 0.194 e. The first-order chi connectivity index (χ1) is 16.3. The first kappa shape index (κ1) is 25.2. The van der Waals surface area contributed by atoms with E-state index in [0.717, 1.165) is 43.4 Å². The van der Waals surface area contributed by atoms with Crippen molar-refractivity contribution >= 4 is 0 Å². The number of rotatable bonds is 6. The fraction of sp³-hybridized carbons (Fsp3) is 0.586. The van der Waals surface area contributed by atoms with Crippen LogP contribution in [0, 0.1) is 52.8 Å². The van der Waals surface area contributed by atoms with Crippen molar-refractivity contribution in [1.82, 2.24) is 0 Å². The summed E-state index contributed by atoms with van der Waals surface area (Å²) in [5.41, 5.74) is -0.281. The first-order valence-corrected chi connectivity index (χ1v) is 12.9. The van der Waals surface area contributed by atoms with Crippen molar-refractivity contribution in [1.29, 1.82) is 0 Å². The van der Waals surface area contributed by atoms with Crippen LogP contribution in [0.3, 0.4) is 0 Å². The quantitative estimate of drug-likeness (QED) is 0.286. The molecule has 2 aromatic rings. The molecule has 0 aromatic heterocycles. The van der Waals surface area contributed by atoms with Crippen LogP contribution in [0.5, 0.6) is 0 Å². The minimum absolute atomic E-state index is 0.0753. The van der Waals surface area contributed by atoms with Crippen LogP contribution in [0.2, 0.25) is 0 Å². The van der Waals surface area contributed by atoms with Gasteiger partial charge in [0.15, 0.2) is 17.5 Å². The molecule has 2 fully saturated rings. The van der Waals surface area contributed by atoms with Gasteiger partial charge in [-0.3, -0.25) is 0 Å². The third-order valence-corrected chi connectivity index (χ3v) is 8.63. The van der Waals surface area contributed by atoms with Crippen molar-refractivity contribution in [2.24, 2.45) is 23.7 Å². The Bertz CT molecular complexity index is 938. The smallest absolute Gasteiger partial charge is 0.194 e. The second kappa shape index (κ2) is 10.8. The van der Waals surface area contributed by atoms with Crippen LogP contribution < -0.4 is 0 Å². The summed E-state index contributed by atoms with van der Waals surface area (Å²) in [6.07, 6.45) is 11.8. The Kier molecular flexibility index (Phi) is 7.99. The molecule has 0 bridgehead atoms. The first-order valence-electron chi connectivity index (χ1n) is 12.9. The van der Waals surface area contributed by atoms with Crippen molar-refractivity contribution in [3.8, 4) is 11.1 Å². The lowest BCUT2D eigenvalue weighted by atomic mass is 9.70. The molecule has 0 N–H and O–H groups in total. The molecule has 0 aliphatic heterocycles. The van der Waals surface area contributed by atoms with Crippen molar-refractivity contribution in [3.05, 3.63) is 58.9 Å². The Labute approximate surface area is 200 Å². The fourth-order valence-corrected chi connectivity index (χ4v) is 6.42. The van der Waals surface area contributed by atoms with Crippen molar-refractivity contribution in [2.75, 3.05) is 0 Å². The summed E-state index contributed by atoms with van der Waals surface area (Å²) in [6, 6.07) is 3.80. The number of hydrogen-bond acceptors (Lipinski definition) is 0. The summed E-state index contributed by atoms with van der Waals surface area (Å²) < 4.78 is 70.1. The molecular weight excluding hydrogens is 443 g/mol. The minimum atomic E-state index is -1.65. The summed E-state index contributed by atoms with van der Waals surface area (Å²) in [5, 5.41) is 0. The van der Waals surface area contributed by atoms with E-state index in [4.69, 9.17) is 0 Å². The van der Waals surface area contributed by atoms with Gasteiger partial charge in [-0.15, -0.1) is 0 Å². The lowest BCUT2D eigenvalue weighted by molar-refractivity contribution is 0.172. The molecule has 0 nitrogen and oxygen atoms in total. The highest BCUT2D eigenvalue weighted by Gasteiger charge is 2.29. The molecule has 0 spiro atoms. The summed E-state index contributed by atoms with van der Waals surface area (Å²) >= 11 is 0. The average molecular weight is 479 g/mol. The second-order valence-corrected chi connectivity index (χ2v) is 10.7. The van der Waals surface area contributed by atoms with E-state index >= 15 is 0 Å². The van der Waals surface area contributed by atoms with E-state index in [2.05, 4.69) is 13.8 Å². The zero-order valence-electron chi connectivity index (χ0n) is 20.2. The molecule has 1 unspecified atom stereocenters. The van der Waals surface area contributed by atoms with Crippen LogP contribution in [0.15, 0.2) is 24.3 Å². The standard InChI is InChI=1S/C29H35F5/c1-3-18-4-8-20(9-5-18)17(2)12-19-6-10-21(11-7-19)22-13-24(30)28(25(31)14-22)23-15-26(32)29(34)27(33)16-23/h13-21H,3-12H2,1-2H3. The minimum Gasteiger partial charge on any atom is -0.206 e. The molecule has 4 rings (SSSR count). The molecule has 2 aliphatic carbocycles. The number of halogens is 5. The second-order valence-electron chi connectivity index (χ2n) is 10.7. The molecule has 0 amide bonds. The molecule has 34 heavy (non-hydrogen) atoms. The van der Waals surface area contributed by atoms with E-state index in [1.54, 1.807) is 0 Å². The normalized spacial score (nSPS) is 26.4. The molecule has 1 atom stereocenters. The summed E-state index contributed by atoms with van der Waals surface area (Å²) in [7, 11) is 0. The zero-order valence-corrected chi connectivity index (χ0v) is 20.2. The average Bonchev–Trinajstić information content (AvgIpc) is 2.82. The van der Waals surface area contributed by atoms with Crippen LogP contribution in [0.4, 0.5) is 22.0 Å². The number of hydrogen-bond donors (Lipinski definition) is 0. The predicted octanol–water partition coefficient (Wildman–Crippen LogP) is 9.57. The largest absolute Gasteiger partial charge is 0.206 e. The van der Waals surface area contributed by atoms with Gasteiger partial charge >= 0.3 is 0 Å². The fourth-order valence-electron chi connectivity index (χ4n) is 6.42. The zero-order chi connectivity index (χ0) is 24.4. The Balaban J connectivity index is 1.37. The molecular formula is C29H35F5. The molecule has 186 valence electrons. The van der Waals surface area contributed by atoms with Gasteiger partial charge in [0.1, 0.15) is 11.6 Å². The highest BCUT2D eigenvalue weighted by Crippen LogP contribution is 2.43. The van der Waals surface area contributed by atoms with Gasteiger partial charge in [0.05, 0.1) is 5.56 Å². The Hall–Kier alpha value is -1.91. The topological polar surface area (TPSA) is 0 Å². The van der Waals surface area contributed by atoms with Crippen molar-refractivity contribution in [3.63, 3.8) is 0 Å². The van der Waals surface area contributed by atoms with Gasteiger partial charge in [-0.25, -0.2) is 22.0 Å². The van der Waals surface area contributed by atoms with Gasteiger partial charge < -0.3 is 0 Å². The molecule has 0 saturated heterocycles. The third-order valence-electron chi connectivity index (χ3n) is 8.63.